The molecular weight excluding hydrogens is 272 g/mol. The number of sulfone groups is 1. The molecule has 0 bridgehead atoms. The molecule has 1 heterocycles. The average molecular weight is 292 g/mol. The van der Waals surface area contributed by atoms with Crippen LogP contribution < -0.4 is 5.32 Å². The summed E-state index contributed by atoms with van der Waals surface area (Å²) in [6.45, 7) is 3.94. The number of carbonyl (C=O) groups excluding carboxylic acids is 1. The maximum Gasteiger partial charge on any atom is 0.305 e. The van der Waals surface area contributed by atoms with Gasteiger partial charge in [0.1, 0.15) is 0 Å². The minimum absolute atomic E-state index is 0.0683. The topological polar surface area (TPSA) is 104 Å². The molecule has 1 amide bonds. The molecule has 0 aliphatic carbocycles. The van der Waals surface area contributed by atoms with Gasteiger partial charge in [0.25, 0.3) is 0 Å². The minimum atomic E-state index is -3.25. The summed E-state index contributed by atoms with van der Waals surface area (Å²) in [7, 11) is -3.25. The van der Waals surface area contributed by atoms with Gasteiger partial charge in [-0.25, -0.2) is 8.42 Å². The molecular formula is C11H20N2O5S. The lowest BCUT2D eigenvalue weighted by Crippen LogP contribution is -2.54. The van der Waals surface area contributed by atoms with Crippen LogP contribution in [0, 0.1) is 0 Å². The second-order valence-electron chi connectivity index (χ2n) is 4.99. The zero-order valence-corrected chi connectivity index (χ0v) is 11.9. The number of hydrogen-bond acceptors (Lipinski definition) is 5. The number of carboxylic acids is 1. The molecule has 7 nitrogen and oxygen atoms in total. The summed E-state index contributed by atoms with van der Waals surface area (Å²) in [6.07, 6.45) is -0.341. The Kier molecular flexibility index (Phi) is 5.30. The summed E-state index contributed by atoms with van der Waals surface area (Å²) < 4.78 is 23.1. The van der Waals surface area contributed by atoms with E-state index in [2.05, 4.69) is 5.32 Å². The van der Waals surface area contributed by atoms with Crippen molar-refractivity contribution in [3.05, 3.63) is 0 Å². The lowest BCUT2D eigenvalue weighted by atomic mass is 10.2. The lowest BCUT2D eigenvalue weighted by molar-refractivity contribution is -0.140. The predicted octanol–water partition coefficient (Wildman–Crippen LogP) is -0.915. The fourth-order valence-corrected chi connectivity index (χ4v) is 3.50. The average Bonchev–Trinajstić information content (AvgIpc) is 2.24. The van der Waals surface area contributed by atoms with Gasteiger partial charge < -0.3 is 15.3 Å². The van der Waals surface area contributed by atoms with Crippen molar-refractivity contribution < 1.29 is 23.1 Å². The van der Waals surface area contributed by atoms with E-state index in [1.165, 1.54) is 4.90 Å². The Morgan fingerprint density at radius 1 is 1.42 bits per heavy atom. The highest BCUT2D eigenvalue weighted by Crippen LogP contribution is 2.15. The zero-order chi connectivity index (χ0) is 14.6. The third-order valence-corrected chi connectivity index (χ3v) is 4.62. The van der Waals surface area contributed by atoms with Gasteiger partial charge in [0.05, 0.1) is 30.5 Å². The van der Waals surface area contributed by atoms with Gasteiger partial charge in [0.2, 0.25) is 5.91 Å². The summed E-state index contributed by atoms with van der Waals surface area (Å²) in [5, 5.41) is 11.8. The van der Waals surface area contributed by atoms with Crippen molar-refractivity contribution in [3.63, 3.8) is 0 Å². The SMILES string of the molecule is CC(C)NCC(=O)N1CCS(=O)(=O)CC1CC(=O)O. The predicted molar refractivity (Wildman–Crippen MR) is 69.5 cm³/mol. The fraction of sp³-hybridized carbons (Fsp3) is 0.818. The van der Waals surface area contributed by atoms with E-state index < -0.39 is 21.8 Å². The first-order valence-corrected chi connectivity index (χ1v) is 7.98. The third-order valence-electron chi connectivity index (χ3n) is 2.92. The van der Waals surface area contributed by atoms with Crippen molar-refractivity contribution in [2.75, 3.05) is 24.6 Å². The van der Waals surface area contributed by atoms with Crippen molar-refractivity contribution >= 4 is 21.7 Å². The maximum absolute atomic E-state index is 12.0. The molecule has 0 radical (unpaired) electrons. The Morgan fingerprint density at radius 2 is 2.05 bits per heavy atom. The molecule has 0 aromatic heterocycles. The summed E-state index contributed by atoms with van der Waals surface area (Å²) in [5.74, 6) is -1.73. The monoisotopic (exact) mass is 292 g/mol. The molecule has 1 aliphatic rings. The molecule has 1 saturated heterocycles. The van der Waals surface area contributed by atoms with E-state index >= 15 is 0 Å². The first kappa shape index (κ1) is 15.9. The number of amides is 1. The molecule has 1 aliphatic heterocycles. The largest absolute Gasteiger partial charge is 0.481 e. The number of hydrogen-bond donors (Lipinski definition) is 2. The Labute approximate surface area is 112 Å². The molecule has 0 spiro atoms. The summed E-state index contributed by atoms with van der Waals surface area (Å²) in [5.41, 5.74) is 0. The highest BCUT2D eigenvalue weighted by molar-refractivity contribution is 7.91. The van der Waals surface area contributed by atoms with E-state index in [1.807, 2.05) is 13.8 Å². The standard InChI is InChI=1S/C11H20N2O5S/c1-8(2)12-6-10(14)13-3-4-19(17,18)7-9(13)5-11(15)16/h8-9,12H,3-7H2,1-2H3,(H,15,16). The van der Waals surface area contributed by atoms with Crippen LogP contribution in [0.3, 0.4) is 0 Å². The van der Waals surface area contributed by atoms with Crippen LogP contribution in [0.5, 0.6) is 0 Å². The first-order chi connectivity index (χ1) is 8.71. The van der Waals surface area contributed by atoms with Gasteiger partial charge in [0.15, 0.2) is 9.84 Å². The van der Waals surface area contributed by atoms with Crippen LogP contribution in [-0.2, 0) is 19.4 Å². The third kappa shape index (κ3) is 5.15. The molecule has 110 valence electrons. The second kappa shape index (κ2) is 6.33. The zero-order valence-electron chi connectivity index (χ0n) is 11.1. The van der Waals surface area contributed by atoms with Crippen molar-refractivity contribution in [2.24, 2.45) is 0 Å². The van der Waals surface area contributed by atoms with E-state index in [0.29, 0.717) is 0 Å². The number of carbonyl (C=O) groups is 2. The van der Waals surface area contributed by atoms with E-state index in [0.717, 1.165) is 0 Å². The van der Waals surface area contributed by atoms with Crippen LogP contribution >= 0.6 is 0 Å². The molecule has 1 rings (SSSR count). The number of nitrogens with one attached hydrogen (secondary N) is 1. The number of nitrogens with zero attached hydrogens (tertiary/aromatic N) is 1. The van der Waals surface area contributed by atoms with Crippen molar-refractivity contribution in [1.82, 2.24) is 10.2 Å². The minimum Gasteiger partial charge on any atom is -0.481 e. The van der Waals surface area contributed by atoms with Crippen LogP contribution in [0.4, 0.5) is 0 Å². The smallest absolute Gasteiger partial charge is 0.305 e. The van der Waals surface area contributed by atoms with Gasteiger partial charge in [-0.1, -0.05) is 13.8 Å². The van der Waals surface area contributed by atoms with Gasteiger partial charge in [-0.3, -0.25) is 9.59 Å². The van der Waals surface area contributed by atoms with E-state index in [1.54, 1.807) is 0 Å². The number of aliphatic carboxylic acids is 1. The highest BCUT2D eigenvalue weighted by Gasteiger charge is 2.35. The van der Waals surface area contributed by atoms with Crippen LogP contribution in [0.2, 0.25) is 0 Å². The quantitative estimate of drug-likeness (QED) is 0.679. The number of rotatable bonds is 5. The van der Waals surface area contributed by atoms with Crippen LogP contribution in [0.1, 0.15) is 20.3 Å². The van der Waals surface area contributed by atoms with Gasteiger partial charge in [-0.05, 0) is 0 Å². The van der Waals surface area contributed by atoms with Crippen molar-refractivity contribution in [3.8, 4) is 0 Å². The lowest BCUT2D eigenvalue weighted by Gasteiger charge is -2.35. The molecule has 2 N–H and O–H groups in total. The Bertz CT molecular complexity index is 446. The first-order valence-electron chi connectivity index (χ1n) is 6.16. The fourth-order valence-electron chi connectivity index (χ4n) is 1.98. The maximum atomic E-state index is 12.0. The van der Waals surface area contributed by atoms with Crippen LogP contribution in [0.15, 0.2) is 0 Å². The van der Waals surface area contributed by atoms with Gasteiger partial charge in [-0.2, -0.15) is 0 Å². The molecule has 1 atom stereocenters. The Morgan fingerprint density at radius 3 is 2.58 bits per heavy atom. The molecule has 0 aromatic carbocycles. The van der Waals surface area contributed by atoms with E-state index in [4.69, 9.17) is 5.11 Å². The summed E-state index contributed by atoms with van der Waals surface area (Å²) in [4.78, 5) is 24.1. The molecule has 1 unspecified atom stereocenters. The van der Waals surface area contributed by atoms with E-state index in [-0.39, 0.29) is 43.0 Å². The Balaban J connectivity index is 2.73. The van der Waals surface area contributed by atoms with Gasteiger partial charge in [-0.15, -0.1) is 0 Å². The van der Waals surface area contributed by atoms with Crippen molar-refractivity contribution in [2.45, 2.75) is 32.4 Å². The molecule has 8 heteroatoms. The number of carboxylic acid groups (broad SMARTS) is 1. The highest BCUT2D eigenvalue weighted by atomic mass is 32.2. The normalized spacial score (nSPS) is 22.5. The molecule has 19 heavy (non-hydrogen) atoms. The van der Waals surface area contributed by atoms with E-state index in [9.17, 15) is 18.0 Å². The second-order valence-corrected chi connectivity index (χ2v) is 7.22. The van der Waals surface area contributed by atoms with Crippen LogP contribution in [-0.4, -0.2) is 67.0 Å². The Hall–Kier alpha value is -1.15. The molecule has 0 aromatic rings. The van der Waals surface area contributed by atoms with Crippen LogP contribution in [0.25, 0.3) is 0 Å². The van der Waals surface area contributed by atoms with Gasteiger partial charge >= 0.3 is 5.97 Å². The summed E-state index contributed by atoms with van der Waals surface area (Å²) >= 11 is 0. The van der Waals surface area contributed by atoms with Gasteiger partial charge in [0, 0.05) is 12.6 Å². The molecule has 1 fully saturated rings. The summed E-state index contributed by atoms with van der Waals surface area (Å²) in [6, 6.07) is -0.631. The van der Waals surface area contributed by atoms with Crippen molar-refractivity contribution in [1.29, 1.82) is 0 Å². The molecule has 0 saturated carbocycles.